The van der Waals surface area contributed by atoms with E-state index in [1.807, 2.05) is 6.92 Å². The molecule has 1 fully saturated rings. The largest absolute Gasteiger partial charge is 0.353 e. The third-order valence-electron chi connectivity index (χ3n) is 4.34. The third kappa shape index (κ3) is 5.32. The molecule has 1 aliphatic rings. The number of rotatable bonds is 6. The first-order valence-electron chi connectivity index (χ1n) is 8.23. The molecule has 0 unspecified atom stereocenters. The van der Waals surface area contributed by atoms with Crippen molar-refractivity contribution in [3.8, 4) is 0 Å². The van der Waals surface area contributed by atoms with Gasteiger partial charge in [0.15, 0.2) is 0 Å². The molecule has 128 valence electrons. The van der Waals surface area contributed by atoms with E-state index >= 15 is 0 Å². The van der Waals surface area contributed by atoms with Crippen LogP contribution in [-0.2, 0) is 21.2 Å². The van der Waals surface area contributed by atoms with Crippen LogP contribution in [0.3, 0.4) is 0 Å². The van der Waals surface area contributed by atoms with Crippen LogP contribution >= 0.6 is 0 Å². The number of piperidine rings is 1. The average Bonchev–Trinajstić information content (AvgIpc) is 2.55. The summed E-state index contributed by atoms with van der Waals surface area (Å²) >= 11 is 0. The number of hydrogen-bond acceptors (Lipinski definition) is 3. The van der Waals surface area contributed by atoms with Crippen molar-refractivity contribution in [3.63, 3.8) is 0 Å². The first-order valence-corrected chi connectivity index (χ1v) is 9.84. The number of carbonyl (C=O) groups excluding carboxylic acids is 1. The molecule has 0 spiro atoms. The maximum Gasteiger partial charge on any atom is 0.220 e. The lowest BCUT2D eigenvalue weighted by Crippen LogP contribution is -2.46. The molecule has 0 saturated carbocycles. The molecule has 1 N–H and O–H groups in total. The summed E-state index contributed by atoms with van der Waals surface area (Å²) < 4.78 is 25.1. The lowest BCUT2D eigenvalue weighted by Gasteiger charge is -2.31. The molecule has 0 bridgehead atoms. The first kappa shape index (κ1) is 17.9. The Labute approximate surface area is 139 Å². The molecular weight excluding hydrogens is 312 g/mol. The number of amides is 1. The van der Waals surface area contributed by atoms with Gasteiger partial charge in [0.25, 0.3) is 0 Å². The van der Waals surface area contributed by atoms with Crippen LogP contribution in [0.5, 0.6) is 0 Å². The van der Waals surface area contributed by atoms with Gasteiger partial charge in [-0.05, 0) is 38.7 Å². The highest BCUT2D eigenvalue weighted by Crippen LogP contribution is 2.15. The summed E-state index contributed by atoms with van der Waals surface area (Å²) in [4.78, 5) is 12.0. The molecule has 0 aliphatic carbocycles. The number of benzene rings is 1. The van der Waals surface area contributed by atoms with E-state index in [9.17, 15) is 13.2 Å². The maximum atomic E-state index is 12.0. The van der Waals surface area contributed by atoms with Gasteiger partial charge in [-0.25, -0.2) is 12.7 Å². The van der Waals surface area contributed by atoms with Gasteiger partial charge in [-0.15, -0.1) is 0 Å². The fourth-order valence-electron chi connectivity index (χ4n) is 2.77. The van der Waals surface area contributed by atoms with Gasteiger partial charge in [-0.1, -0.05) is 29.8 Å². The van der Waals surface area contributed by atoms with Gasteiger partial charge >= 0.3 is 0 Å². The van der Waals surface area contributed by atoms with Crippen molar-refractivity contribution in [3.05, 3.63) is 35.4 Å². The molecule has 5 nitrogen and oxygen atoms in total. The number of nitrogens with zero attached hydrogens (tertiary/aromatic N) is 1. The summed E-state index contributed by atoms with van der Waals surface area (Å²) in [5.41, 5.74) is 2.38. The topological polar surface area (TPSA) is 66.5 Å². The van der Waals surface area contributed by atoms with Gasteiger partial charge in [-0.3, -0.25) is 4.79 Å². The quantitative estimate of drug-likeness (QED) is 0.861. The minimum atomic E-state index is -3.10. The van der Waals surface area contributed by atoms with Crippen molar-refractivity contribution in [2.75, 3.05) is 18.8 Å². The predicted molar refractivity (Wildman–Crippen MR) is 91.7 cm³/mol. The molecular formula is C17H26N2O3S. The number of aryl methyl sites for hydroxylation is 2. The van der Waals surface area contributed by atoms with Crippen molar-refractivity contribution in [2.45, 2.75) is 45.6 Å². The fourth-order valence-corrected chi connectivity index (χ4v) is 3.91. The fraction of sp³-hybridized carbons (Fsp3) is 0.588. The normalized spacial score (nSPS) is 17.1. The lowest BCUT2D eigenvalue weighted by atomic mass is 10.1. The summed E-state index contributed by atoms with van der Waals surface area (Å²) in [6.45, 7) is 4.70. The molecule has 1 aromatic rings. The standard InChI is InChI=1S/C17H26N2O3S/c1-3-23(21,22)19-12-10-16(11-13-19)18-17(20)9-8-15-6-4-14(2)5-7-15/h4-7,16H,3,8-13H2,1-2H3,(H,18,20). The number of hydrogen-bond donors (Lipinski definition) is 1. The smallest absolute Gasteiger partial charge is 0.220 e. The third-order valence-corrected chi connectivity index (χ3v) is 6.22. The van der Waals surface area contributed by atoms with E-state index in [0.717, 1.165) is 12.0 Å². The Morgan fingerprint density at radius 1 is 1.22 bits per heavy atom. The molecule has 0 atom stereocenters. The maximum absolute atomic E-state index is 12.0. The zero-order chi connectivity index (χ0) is 16.9. The van der Waals surface area contributed by atoms with Crippen LogP contribution in [0.4, 0.5) is 0 Å². The van der Waals surface area contributed by atoms with E-state index < -0.39 is 10.0 Å². The summed E-state index contributed by atoms with van der Waals surface area (Å²) in [5.74, 6) is 0.183. The van der Waals surface area contributed by atoms with Gasteiger partial charge in [0.2, 0.25) is 15.9 Å². The zero-order valence-electron chi connectivity index (χ0n) is 13.9. The van der Waals surface area contributed by atoms with Gasteiger partial charge in [0.1, 0.15) is 0 Å². The Bertz CT molecular complexity index is 618. The highest BCUT2D eigenvalue weighted by molar-refractivity contribution is 7.89. The summed E-state index contributed by atoms with van der Waals surface area (Å²) in [5, 5.41) is 3.03. The van der Waals surface area contributed by atoms with Crippen LogP contribution in [0.25, 0.3) is 0 Å². The Kier molecular flexibility index (Phi) is 6.18. The zero-order valence-corrected chi connectivity index (χ0v) is 14.7. The minimum Gasteiger partial charge on any atom is -0.353 e. The van der Waals surface area contributed by atoms with Crippen LogP contribution in [-0.4, -0.2) is 43.5 Å². The highest BCUT2D eigenvalue weighted by atomic mass is 32.2. The summed E-state index contributed by atoms with van der Waals surface area (Å²) in [6, 6.07) is 8.30. The SMILES string of the molecule is CCS(=O)(=O)N1CCC(NC(=O)CCc2ccc(C)cc2)CC1. The summed E-state index contributed by atoms with van der Waals surface area (Å²) in [7, 11) is -3.10. The van der Waals surface area contributed by atoms with Crippen LogP contribution in [0.15, 0.2) is 24.3 Å². The average molecular weight is 338 g/mol. The van der Waals surface area contributed by atoms with Gasteiger partial charge in [0, 0.05) is 25.6 Å². The number of nitrogens with one attached hydrogen (secondary N) is 1. The molecule has 0 aromatic heterocycles. The van der Waals surface area contributed by atoms with E-state index in [1.54, 1.807) is 6.92 Å². The van der Waals surface area contributed by atoms with Gasteiger partial charge < -0.3 is 5.32 Å². The van der Waals surface area contributed by atoms with E-state index in [1.165, 1.54) is 9.87 Å². The van der Waals surface area contributed by atoms with Crippen molar-refractivity contribution in [1.29, 1.82) is 0 Å². The van der Waals surface area contributed by atoms with Crippen molar-refractivity contribution in [2.24, 2.45) is 0 Å². The minimum absolute atomic E-state index is 0.0439. The van der Waals surface area contributed by atoms with E-state index in [4.69, 9.17) is 0 Å². The lowest BCUT2D eigenvalue weighted by molar-refractivity contribution is -0.122. The van der Waals surface area contributed by atoms with E-state index in [-0.39, 0.29) is 17.7 Å². The highest BCUT2D eigenvalue weighted by Gasteiger charge is 2.27. The Morgan fingerprint density at radius 3 is 2.39 bits per heavy atom. The predicted octanol–water partition coefficient (Wildman–Crippen LogP) is 1.86. The Hall–Kier alpha value is -1.40. The van der Waals surface area contributed by atoms with Crippen LogP contribution < -0.4 is 5.32 Å². The second kappa shape index (κ2) is 7.93. The van der Waals surface area contributed by atoms with Crippen molar-refractivity contribution < 1.29 is 13.2 Å². The Balaban J connectivity index is 1.73. The van der Waals surface area contributed by atoms with Gasteiger partial charge in [0.05, 0.1) is 5.75 Å². The van der Waals surface area contributed by atoms with Gasteiger partial charge in [-0.2, -0.15) is 0 Å². The molecule has 23 heavy (non-hydrogen) atoms. The van der Waals surface area contributed by atoms with E-state index in [0.29, 0.717) is 32.4 Å². The number of sulfonamides is 1. The van der Waals surface area contributed by atoms with Crippen molar-refractivity contribution in [1.82, 2.24) is 9.62 Å². The second-order valence-corrected chi connectivity index (χ2v) is 8.38. The monoisotopic (exact) mass is 338 g/mol. The molecule has 1 aliphatic heterocycles. The van der Waals surface area contributed by atoms with Crippen LogP contribution in [0.1, 0.15) is 37.3 Å². The molecule has 1 saturated heterocycles. The molecule has 1 amide bonds. The second-order valence-electron chi connectivity index (χ2n) is 6.13. The molecule has 1 heterocycles. The van der Waals surface area contributed by atoms with Crippen LogP contribution in [0, 0.1) is 6.92 Å². The van der Waals surface area contributed by atoms with Crippen LogP contribution in [0.2, 0.25) is 0 Å². The molecule has 6 heteroatoms. The first-order chi connectivity index (χ1) is 10.9. The number of carbonyl (C=O) groups is 1. The van der Waals surface area contributed by atoms with E-state index in [2.05, 4.69) is 29.6 Å². The molecule has 0 radical (unpaired) electrons. The van der Waals surface area contributed by atoms with Crippen molar-refractivity contribution >= 4 is 15.9 Å². The summed E-state index contributed by atoms with van der Waals surface area (Å²) in [6.07, 6.45) is 2.58. The molecule has 2 rings (SSSR count). The molecule has 1 aromatic carbocycles. The Morgan fingerprint density at radius 2 is 1.83 bits per heavy atom.